The predicted octanol–water partition coefficient (Wildman–Crippen LogP) is 2.51. The van der Waals surface area contributed by atoms with E-state index in [1.165, 1.54) is 22.7 Å². The summed E-state index contributed by atoms with van der Waals surface area (Å²) in [6, 6.07) is 17.2. The molecular formula is C21H14N4O2S2. The molecule has 2 aromatic carbocycles. The standard InChI is InChI=1S/C21H14N4O2S2/c1-25-19(27)17(16-13-9-5-6-10-14(13)22-18(16)26)29-21(25)24-20-23-15(11-28-20)12-7-3-2-4-8-12/h2-11,27H,1H3/b24-21+. The lowest BCUT2D eigenvalue weighted by molar-refractivity contribution is -0.112. The maximum absolute atomic E-state index is 12.5. The zero-order valence-electron chi connectivity index (χ0n) is 15.2. The van der Waals surface area contributed by atoms with E-state index in [2.05, 4.69) is 15.0 Å². The fourth-order valence-electron chi connectivity index (χ4n) is 3.13. The van der Waals surface area contributed by atoms with Gasteiger partial charge in [-0.25, -0.2) is 9.98 Å². The number of fused-ring (bicyclic) bond motifs is 1. The number of aromatic nitrogens is 2. The Bertz CT molecular complexity index is 1450. The third-order valence-electron chi connectivity index (χ3n) is 4.59. The minimum absolute atomic E-state index is 0.0103. The second-order valence-electron chi connectivity index (χ2n) is 6.40. The number of para-hydroxylation sites is 1. The van der Waals surface area contributed by atoms with Crippen LogP contribution in [0.5, 0.6) is 5.88 Å². The summed E-state index contributed by atoms with van der Waals surface area (Å²) in [7, 11) is 1.71. The van der Waals surface area contributed by atoms with Gasteiger partial charge in [0.2, 0.25) is 11.0 Å². The van der Waals surface area contributed by atoms with Crippen molar-refractivity contribution in [2.75, 3.05) is 0 Å². The van der Waals surface area contributed by atoms with Gasteiger partial charge in [-0.05, 0) is 6.07 Å². The zero-order chi connectivity index (χ0) is 20.0. The summed E-state index contributed by atoms with van der Waals surface area (Å²) in [6.45, 7) is 0. The molecule has 1 amide bonds. The van der Waals surface area contributed by atoms with Crippen LogP contribution in [0.2, 0.25) is 0 Å². The van der Waals surface area contributed by atoms with E-state index < -0.39 is 0 Å². The highest BCUT2D eigenvalue weighted by atomic mass is 32.1. The average Bonchev–Trinajstić information content (AvgIpc) is 3.41. The maximum atomic E-state index is 12.5. The summed E-state index contributed by atoms with van der Waals surface area (Å²) in [5.74, 6) is -0.362. The number of rotatable bonds is 3. The summed E-state index contributed by atoms with van der Waals surface area (Å²) in [6.07, 6.45) is 0. The van der Waals surface area contributed by atoms with Gasteiger partial charge in [0.05, 0.1) is 16.6 Å². The van der Waals surface area contributed by atoms with E-state index in [-0.39, 0.29) is 11.8 Å². The molecule has 0 bridgehead atoms. The topological polar surface area (TPSA) is 79.8 Å². The molecule has 1 aliphatic rings. The normalized spacial score (nSPS) is 13.6. The molecular weight excluding hydrogens is 404 g/mol. The molecule has 2 aromatic heterocycles. The van der Waals surface area contributed by atoms with Crippen LogP contribution < -0.4 is 15.4 Å². The van der Waals surface area contributed by atoms with Gasteiger partial charge in [-0.3, -0.25) is 9.36 Å². The first-order chi connectivity index (χ1) is 14.1. The number of aromatic hydroxyl groups is 1. The second kappa shape index (κ2) is 6.91. The van der Waals surface area contributed by atoms with E-state index in [4.69, 9.17) is 0 Å². The number of thiazole rings is 2. The summed E-state index contributed by atoms with van der Waals surface area (Å²) in [5.41, 5.74) is 2.28. The molecule has 8 heteroatoms. The highest BCUT2D eigenvalue weighted by Crippen LogP contribution is 2.29. The van der Waals surface area contributed by atoms with Crippen molar-refractivity contribution in [2.24, 2.45) is 17.0 Å². The van der Waals surface area contributed by atoms with Crippen LogP contribution in [0, 0.1) is 0 Å². The Morgan fingerprint density at radius 1 is 1.07 bits per heavy atom. The largest absolute Gasteiger partial charge is 0.493 e. The first-order valence-electron chi connectivity index (χ1n) is 8.79. The first-order valence-corrected chi connectivity index (χ1v) is 10.5. The van der Waals surface area contributed by atoms with Crippen LogP contribution in [0.25, 0.3) is 16.8 Å². The number of hydrogen-bond acceptors (Lipinski definition) is 6. The molecule has 1 aliphatic heterocycles. The van der Waals surface area contributed by atoms with Crippen molar-refractivity contribution in [3.8, 4) is 17.1 Å². The third kappa shape index (κ3) is 3.02. The molecule has 0 radical (unpaired) electrons. The lowest BCUT2D eigenvalue weighted by Gasteiger charge is -1.98. The third-order valence-corrected chi connectivity index (χ3v) is 6.46. The van der Waals surface area contributed by atoms with Crippen molar-refractivity contribution in [1.29, 1.82) is 0 Å². The second-order valence-corrected chi connectivity index (χ2v) is 8.21. The van der Waals surface area contributed by atoms with Gasteiger partial charge in [-0.15, -0.1) is 11.3 Å². The van der Waals surface area contributed by atoms with Gasteiger partial charge in [-0.2, -0.15) is 4.99 Å². The number of hydrogen-bond donors (Lipinski definition) is 1. The monoisotopic (exact) mass is 418 g/mol. The fraction of sp³-hybridized carbons (Fsp3) is 0.0476. The molecule has 5 rings (SSSR count). The van der Waals surface area contributed by atoms with E-state index in [1.807, 2.05) is 53.9 Å². The number of amides is 1. The average molecular weight is 419 g/mol. The van der Waals surface area contributed by atoms with Gasteiger partial charge in [0.15, 0.2) is 4.80 Å². The Labute approximate surface area is 173 Å². The summed E-state index contributed by atoms with van der Waals surface area (Å²) < 4.78 is 1.56. The molecule has 1 N–H and O–H groups in total. The molecule has 0 spiro atoms. The van der Waals surface area contributed by atoms with Crippen molar-refractivity contribution in [1.82, 2.24) is 9.55 Å². The smallest absolute Gasteiger partial charge is 0.279 e. The lowest BCUT2D eigenvalue weighted by Crippen LogP contribution is -2.22. The van der Waals surface area contributed by atoms with Crippen LogP contribution in [0.15, 0.2) is 70.0 Å². The SMILES string of the molecule is Cn1c(O)c(C2=c3ccccc3=NC2=O)s/c1=N/c1nc(-c2ccccc2)cs1. The van der Waals surface area contributed by atoms with Crippen molar-refractivity contribution >= 4 is 39.3 Å². The Hall–Kier alpha value is -3.36. The highest BCUT2D eigenvalue weighted by molar-refractivity contribution is 7.14. The van der Waals surface area contributed by atoms with Gasteiger partial charge < -0.3 is 5.11 Å². The molecule has 142 valence electrons. The summed E-state index contributed by atoms with van der Waals surface area (Å²) in [5, 5.41) is 14.5. The van der Waals surface area contributed by atoms with Gasteiger partial charge in [-0.1, -0.05) is 59.9 Å². The highest BCUT2D eigenvalue weighted by Gasteiger charge is 2.24. The zero-order valence-corrected chi connectivity index (χ0v) is 16.9. The predicted molar refractivity (Wildman–Crippen MR) is 112 cm³/mol. The molecule has 4 aromatic rings. The van der Waals surface area contributed by atoms with Crippen LogP contribution >= 0.6 is 22.7 Å². The molecule has 0 unspecified atom stereocenters. The fourth-order valence-corrected chi connectivity index (χ4v) is 4.95. The molecule has 0 saturated carbocycles. The van der Waals surface area contributed by atoms with E-state index in [9.17, 15) is 9.90 Å². The van der Waals surface area contributed by atoms with Crippen molar-refractivity contribution in [3.63, 3.8) is 0 Å². The molecule has 0 fully saturated rings. The number of nitrogens with zero attached hydrogens (tertiary/aromatic N) is 4. The molecule has 0 atom stereocenters. The quantitative estimate of drug-likeness (QED) is 0.555. The first kappa shape index (κ1) is 17.7. The molecule has 0 aliphatic carbocycles. The minimum Gasteiger partial charge on any atom is -0.493 e. The molecule has 29 heavy (non-hydrogen) atoms. The number of carbonyl (C=O) groups excluding carboxylic acids is 1. The van der Waals surface area contributed by atoms with Crippen molar-refractivity contribution in [3.05, 3.63) is 80.2 Å². The Morgan fingerprint density at radius 2 is 1.83 bits per heavy atom. The van der Waals surface area contributed by atoms with E-state index in [0.717, 1.165) is 16.5 Å². The molecule has 0 saturated heterocycles. The minimum atomic E-state index is -0.351. The maximum Gasteiger partial charge on any atom is 0.279 e. The van der Waals surface area contributed by atoms with Gasteiger partial charge in [0.1, 0.15) is 4.88 Å². The number of benzene rings is 2. The lowest BCUT2D eigenvalue weighted by atomic mass is 10.1. The Balaban J connectivity index is 1.62. The Kier molecular flexibility index (Phi) is 4.22. The van der Waals surface area contributed by atoms with Gasteiger partial charge >= 0.3 is 0 Å². The van der Waals surface area contributed by atoms with Crippen LogP contribution in [0.4, 0.5) is 5.13 Å². The number of carbonyl (C=O) groups is 1. The van der Waals surface area contributed by atoms with Crippen molar-refractivity contribution < 1.29 is 9.90 Å². The van der Waals surface area contributed by atoms with Crippen LogP contribution in [0.1, 0.15) is 4.88 Å². The van der Waals surface area contributed by atoms with E-state index in [0.29, 0.717) is 25.7 Å². The van der Waals surface area contributed by atoms with E-state index in [1.54, 1.807) is 17.7 Å². The Morgan fingerprint density at radius 3 is 2.66 bits per heavy atom. The van der Waals surface area contributed by atoms with E-state index >= 15 is 0 Å². The summed E-state index contributed by atoms with van der Waals surface area (Å²) in [4.78, 5) is 26.7. The van der Waals surface area contributed by atoms with Crippen molar-refractivity contribution in [2.45, 2.75) is 0 Å². The van der Waals surface area contributed by atoms with Crippen LogP contribution in [-0.4, -0.2) is 20.6 Å². The molecule has 3 heterocycles. The van der Waals surface area contributed by atoms with Gasteiger partial charge in [0.25, 0.3) is 5.91 Å². The molecule has 6 nitrogen and oxygen atoms in total. The van der Waals surface area contributed by atoms with Gasteiger partial charge in [0, 0.05) is 23.2 Å². The summed E-state index contributed by atoms with van der Waals surface area (Å²) >= 11 is 2.67. The van der Waals surface area contributed by atoms with Crippen LogP contribution in [-0.2, 0) is 11.8 Å². The van der Waals surface area contributed by atoms with Crippen LogP contribution in [0.3, 0.4) is 0 Å².